The van der Waals surface area contributed by atoms with Crippen molar-refractivity contribution in [2.45, 2.75) is 34.6 Å². The Morgan fingerprint density at radius 1 is 1.21 bits per heavy atom. The summed E-state index contributed by atoms with van der Waals surface area (Å²) in [7, 11) is 0. The lowest BCUT2D eigenvalue weighted by Crippen LogP contribution is -2.11. The Balaban J connectivity index is 2.02. The molecule has 0 bridgehead atoms. The third kappa shape index (κ3) is 2.57. The molecule has 0 amide bonds. The zero-order valence-corrected chi connectivity index (χ0v) is 13.9. The van der Waals surface area contributed by atoms with Gasteiger partial charge in [0.1, 0.15) is 5.82 Å². The van der Waals surface area contributed by atoms with Gasteiger partial charge in [0, 0.05) is 19.3 Å². The molecule has 1 saturated carbocycles. The normalized spacial score (nSPS) is 20.1. The van der Waals surface area contributed by atoms with Crippen LogP contribution in [0.3, 0.4) is 0 Å². The molecule has 0 spiro atoms. The third-order valence-corrected chi connectivity index (χ3v) is 5.45. The highest BCUT2D eigenvalue weighted by Crippen LogP contribution is 2.68. The summed E-state index contributed by atoms with van der Waals surface area (Å²) in [5.74, 6) is 2.21. The molecular formula is C14H23BrN4. The van der Waals surface area contributed by atoms with Crippen molar-refractivity contribution < 1.29 is 0 Å². The summed E-state index contributed by atoms with van der Waals surface area (Å²) >= 11 is 3.49. The lowest BCUT2D eigenvalue weighted by molar-refractivity contribution is 0.457. The second kappa shape index (κ2) is 4.93. The first-order valence-electron chi connectivity index (χ1n) is 6.81. The van der Waals surface area contributed by atoms with Gasteiger partial charge in [-0.25, -0.2) is 4.98 Å². The summed E-state index contributed by atoms with van der Waals surface area (Å²) in [4.78, 5) is 8.70. The molecular weight excluding hydrogens is 304 g/mol. The van der Waals surface area contributed by atoms with Gasteiger partial charge in [-0.2, -0.15) is 4.98 Å². The minimum Gasteiger partial charge on any atom is -0.369 e. The second-order valence-corrected chi connectivity index (χ2v) is 7.15. The molecule has 2 N–H and O–H groups in total. The molecule has 0 aromatic carbocycles. The Labute approximate surface area is 123 Å². The third-order valence-electron chi connectivity index (χ3n) is 4.87. The quantitative estimate of drug-likeness (QED) is 0.864. The molecule has 2 rings (SSSR count). The van der Waals surface area contributed by atoms with Crippen LogP contribution < -0.4 is 10.6 Å². The molecule has 1 aromatic heterocycles. The van der Waals surface area contributed by atoms with E-state index in [0.29, 0.717) is 22.7 Å². The number of anilines is 2. The van der Waals surface area contributed by atoms with Crippen LogP contribution in [0.1, 0.15) is 34.6 Å². The van der Waals surface area contributed by atoms with Gasteiger partial charge in [-0.15, -0.1) is 0 Å². The van der Waals surface area contributed by atoms with Crippen LogP contribution in [-0.2, 0) is 0 Å². The van der Waals surface area contributed by atoms with E-state index in [0.717, 1.165) is 23.4 Å². The van der Waals surface area contributed by atoms with Gasteiger partial charge in [-0.05, 0) is 39.6 Å². The maximum absolute atomic E-state index is 4.48. The summed E-state index contributed by atoms with van der Waals surface area (Å²) in [6.45, 7) is 13.1. The molecule has 1 aliphatic carbocycles. The van der Waals surface area contributed by atoms with E-state index in [2.05, 4.69) is 64.2 Å². The van der Waals surface area contributed by atoms with Crippen LogP contribution in [0.15, 0.2) is 10.7 Å². The smallest absolute Gasteiger partial charge is 0.224 e. The number of nitrogens with one attached hydrogen (secondary N) is 2. The number of halogens is 1. The summed E-state index contributed by atoms with van der Waals surface area (Å²) in [6.07, 6.45) is 1.79. The van der Waals surface area contributed by atoms with E-state index in [1.807, 2.05) is 6.92 Å². The van der Waals surface area contributed by atoms with Crippen molar-refractivity contribution in [3.63, 3.8) is 0 Å². The van der Waals surface area contributed by atoms with E-state index >= 15 is 0 Å². The molecule has 1 aromatic rings. The van der Waals surface area contributed by atoms with Crippen molar-refractivity contribution in [1.82, 2.24) is 9.97 Å². The van der Waals surface area contributed by atoms with Crippen molar-refractivity contribution in [3.05, 3.63) is 10.7 Å². The lowest BCUT2D eigenvalue weighted by Gasteiger charge is -2.10. The SMILES string of the molecule is CCNc1ncc(Br)c(NCC2C(C)(C)C2(C)C)n1. The first-order valence-corrected chi connectivity index (χ1v) is 7.60. The summed E-state index contributed by atoms with van der Waals surface area (Å²) < 4.78 is 0.908. The number of hydrogen-bond acceptors (Lipinski definition) is 4. The van der Waals surface area contributed by atoms with Gasteiger partial charge in [0.05, 0.1) is 4.47 Å². The van der Waals surface area contributed by atoms with Gasteiger partial charge < -0.3 is 10.6 Å². The van der Waals surface area contributed by atoms with E-state index in [9.17, 15) is 0 Å². The number of rotatable bonds is 5. The largest absolute Gasteiger partial charge is 0.369 e. The van der Waals surface area contributed by atoms with Crippen LogP contribution in [0, 0.1) is 16.7 Å². The van der Waals surface area contributed by atoms with Crippen LogP contribution in [-0.4, -0.2) is 23.1 Å². The van der Waals surface area contributed by atoms with Crippen LogP contribution >= 0.6 is 15.9 Å². The van der Waals surface area contributed by atoms with Crippen molar-refractivity contribution in [2.75, 3.05) is 23.7 Å². The van der Waals surface area contributed by atoms with Gasteiger partial charge >= 0.3 is 0 Å². The predicted octanol–water partition coefficient (Wildman–Crippen LogP) is 3.77. The minimum atomic E-state index is 0.393. The average molecular weight is 327 g/mol. The van der Waals surface area contributed by atoms with Crippen molar-refractivity contribution in [2.24, 2.45) is 16.7 Å². The Hall–Kier alpha value is -0.840. The summed E-state index contributed by atoms with van der Waals surface area (Å²) in [6, 6.07) is 0. The standard InChI is InChI=1S/C14H23BrN4/c1-6-16-12-18-7-9(15)11(19-12)17-8-10-13(2,3)14(10,4)5/h7,10H,6,8H2,1-5H3,(H2,16,17,18,19). The molecule has 1 heterocycles. The van der Waals surface area contributed by atoms with Crippen LogP contribution in [0.5, 0.6) is 0 Å². The van der Waals surface area contributed by atoms with Gasteiger partial charge in [-0.1, -0.05) is 27.7 Å². The zero-order valence-electron chi connectivity index (χ0n) is 12.3. The predicted molar refractivity (Wildman–Crippen MR) is 83.4 cm³/mol. The van der Waals surface area contributed by atoms with Crippen molar-refractivity contribution in [1.29, 1.82) is 0 Å². The Kier molecular flexibility index (Phi) is 3.78. The molecule has 5 heteroatoms. The summed E-state index contributed by atoms with van der Waals surface area (Å²) in [5, 5.41) is 6.57. The first kappa shape index (κ1) is 14.6. The van der Waals surface area contributed by atoms with E-state index in [1.165, 1.54) is 0 Å². The fourth-order valence-electron chi connectivity index (χ4n) is 2.78. The fourth-order valence-corrected chi connectivity index (χ4v) is 3.11. The molecule has 4 nitrogen and oxygen atoms in total. The van der Waals surface area contributed by atoms with Gasteiger partial charge in [0.25, 0.3) is 0 Å². The topological polar surface area (TPSA) is 49.8 Å². The molecule has 0 aliphatic heterocycles. The maximum Gasteiger partial charge on any atom is 0.224 e. The highest BCUT2D eigenvalue weighted by atomic mass is 79.9. The number of hydrogen-bond donors (Lipinski definition) is 2. The number of nitrogens with zero attached hydrogens (tertiary/aromatic N) is 2. The molecule has 0 saturated heterocycles. The van der Waals surface area contributed by atoms with Crippen LogP contribution in [0.25, 0.3) is 0 Å². The lowest BCUT2D eigenvalue weighted by atomic mass is 10.0. The van der Waals surface area contributed by atoms with E-state index in [1.54, 1.807) is 6.20 Å². The Bertz CT molecular complexity index is 457. The fraction of sp³-hybridized carbons (Fsp3) is 0.714. The Morgan fingerprint density at radius 2 is 1.84 bits per heavy atom. The van der Waals surface area contributed by atoms with Crippen LogP contribution in [0.2, 0.25) is 0 Å². The van der Waals surface area contributed by atoms with Gasteiger partial charge in [-0.3, -0.25) is 0 Å². The maximum atomic E-state index is 4.48. The monoisotopic (exact) mass is 326 g/mol. The molecule has 1 fully saturated rings. The zero-order chi connectivity index (χ0) is 14.3. The molecule has 0 atom stereocenters. The molecule has 0 radical (unpaired) electrons. The first-order chi connectivity index (χ1) is 8.80. The van der Waals surface area contributed by atoms with Crippen molar-refractivity contribution >= 4 is 27.7 Å². The van der Waals surface area contributed by atoms with E-state index in [4.69, 9.17) is 0 Å². The number of aromatic nitrogens is 2. The van der Waals surface area contributed by atoms with E-state index in [-0.39, 0.29) is 0 Å². The highest BCUT2D eigenvalue weighted by molar-refractivity contribution is 9.10. The van der Waals surface area contributed by atoms with Crippen LogP contribution in [0.4, 0.5) is 11.8 Å². The van der Waals surface area contributed by atoms with Crippen molar-refractivity contribution in [3.8, 4) is 0 Å². The van der Waals surface area contributed by atoms with Gasteiger partial charge in [0.2, 0.25) is 5.95 Å². The second-order valence-electron chi connectivity index (χ2n) is 6.30. The Morgan fingerprint density at radius 3 is 2.37 bits per heavy atom. The average Bonchev–Trinajstić information content (AvgIpc) is 2.71. The van der Waals surface area contributed by atoms with Gasteiger partial charge in [0.15, 0.2) is 0 Å². The van der Waals surface area contributed by atoms with E-state index < -0.39 is 0 Å². The molecule has 19 heavy (non-hydrogen) atoms. The molecule has 1 aliphatic rings. The minimum absolute atomic E-state index is 0.393. The summed E-state index contributed by atoms with van der Waals surface area (Å²) in [5.41, 5.74) is 0.786. The molecule has 0 unspecified atom stereocenters. The highest BCUT2D eigenvalue weighted by Gasteiger charge is 2.64. The molecule has 106 valence electrons.